The summed E-state index contributed by atoms with van der Waals surface area (Å²) in [6.07, 6.45) is 1.73. The van der Waals surface area contributed by atoms with Crippen LogP contribution in [0.1, 0.15) is 30.3 Å². The highest BCUT2D eigenvalue weighted by molar-refractivity contribution is 6.30. The topological polar surface area (TPSA) is 80.1 Å². The van der Waals surface area contributed by atoms with Crippen LogP contribution in [0, 0.1) is 0 Å². The highest BCUT2D eigenvalue weighted by Gasteiger charge is 2.29. The van der Waals surface area contributed by atoms with E-state index in [1.54, 1.807) is 12.1 Å². The van der Waals surface area contributed by atoms with Crippen LogP contribution in [0.25, 0.3) is 11.4 Å². The van der Waals surface area contributed by atoms with E-state index >= 15 is 0 Å². The minimum absolute atomic E-state index is 0.0559. The van der Waals surface area contributed by atoms with Gasteiger partial charge in [-0.05, 0) is 42.7 Å². The molecule has 0 unspecified atom stereocenters. The van der Waals surface area contributed by atoms with Crippen molar-refractivity contribution in [3.05, 3.63) is 71.1 Å². The molecule has 1 fully saturated rings. The van der Waals surface area contributed by atoms with Crippen LogP contribution >= 0.6 is 11.6 Å². The average Bonchev–Trinajstić information content (AvgIpc) is 3.37. The molecule has 1 saturated heterocycles. The van der Waals surface area contributed by atoms with Crippen LogP contribution in [0.2, 0.25) is 5.02 Å². The maximum atomic E-state index is 12.4. The summed E-state index contributed by atoms with van der Waals surface area (Å²) in [5.41, 5.74) is 2.01. The number of carbonyl (C=O) groups excluding carboxylic acids is 1. The van der Waals surface area contributed by atoms with E-state index in [1.807, 2.05) is 30.3 Å². The fraction of sp³-hybridized carbons (Fsp3) is 0.250. The summed E-state index contributed by atoms with van der Waals surface area (Å²) in [4.78, 5) is 16.7. The highest BCUT2D eigenvalue weighted by Crippen LogP contribution is 2.26. The standard InChI is InChI=1S/C20H19ClN4O2/c21-15-8-6-14(7-9-15)19-24-18(27-25-19)12-22-20(26)17-11-10-16(23-17)13-4-2-1-3-5-13/h1-9,16-17,23H,10-12H2,(H,22,26)/t16-,17-/m1/s1. The fourth-order valence-electron chi connectivity index (χ4n) is 3.23. The third kappa shape index (κ3) is 4.18. The molecule has 1 aliphatic rings. The summed E-state index contributed by atoms with van der Waals surface area (Å²) in [7, 11) is 0. The van der Waals surface area contributed by atoms with E-state index < -0.39 is 0 Å². The van der Waals surface area contributed by atoms with Gasteiger partial charge in [0.2, 0.25) is 17.6 Å². The molecule has 6 nitrogen and oxygen atoms in total. The molecule has 1 amide bonds. The first-order valence-corrected chi connectivity index (χ1v) is 9.24. The molecule has 3 aromatic rings. The van der Waals surface area contributed by atoms with Crippen molar-refractivity contribution < 1.29 is 9.32 Å². The van der Waals surface area contributed by atoms with Crippen molar-refractivity contribution >= 4 is 17.5 Å². The lowest BCUT2D eigenvalue weighted by atomic mass is 10.1. The Bertz CT molecular complexity index is 911. The van der Waals surface area contributed by atoms with Gasteiger partial charge in [-0.2, -0.15) is 4.98 Å². The highest BCUT2D eigenvalue weighted by atomic mass is 35.5. The zero-order valence-electron chi connectivity index (χ0n) is 14.6. The Morgan fingerprint density at radius 2 is 1.93 bits per heavy atom. The van der Waals surface area contributed by atoms with Crippen molar-refractivity contribution in [2.45, 2.75) is 31.5 Å². The normalized spacial score (nSPS) is 19.1. The van der Waals surface area contributed by atoms with Crippen LogP contribution < -0.4 is 10.6 Å². The molecule has 2 N–H and O–H groups in total. The van der Waals surface area contributed by atoms with Crippen molar-refractivity contribution in [3.63, 3.8) is 0 Å². The van der Waals surface area contributed by atoms with Crippen LogP contribution in [0.5, 0.6) is 0 Å². The third-order valence-electron chi connectivity index (χ3n) is 4.65. The fourth-order valence-corrected chi connectivity index (χ4v) is 3.35. The van der Waals surface area contributed by atoms with E-state index in [9.17, 15) is 4.79 Å². The van der Waals surface area contributed by atoms with E-state index in [0.29, 0.717) is 16.7 Å². The van der Waals surface area contributed by atoms with Gasteiger partial charge in [-0.25, -0.2) is 0 Å². The summed E-state index contributed by atoms with van der Waals surface area (Å²) < 4.78 is 5.22. The Kier molecular flexibility index (Phi) is 5.18. The van der Waals surface area contributed by atoms with Crippen molar-refractivity contribution in [2.75, 3.05) is 0 Å². The number of hydrogen-bond acceptors (Lipinski definition) is 5. The second-order valence-electron chi connectivity index (χ2n) is 6.50. The quantitative estimate of drug-likeness (QED) is 0.706. The van der Waals surface area contributed by atoms with Crippen LogP contribution in [-0.4, -0.2) is 22.1 Å². The number of benzene rings is 2. The van der Waals surface area contributed by atoms with Crippen LogP contribution in [0.3, 0.4) is 0 Å². The molecular weight excluding hydrogens is 364 g/mol. The predicted molar refractivity (Wildman–Crippen MR) is 102 cm³/mol. The second kappa shape index (κ2) is 7.90. The van der Waals surface area contributed by atoms with Gasteiger partial charge in [0.05, 0.1) is 12.6 Å². The molecule has 138 valence electrons. The van der Waals surface area contributed by atoms with Gasteiger partial charge >= 0.3 is 0 Å². The Hall–Kier alpha value is -2.70. The summed E-state index contributed by atoms with van der Waals surface area (Å²) in [5.74, 6) is 0.782. The summed E-state index contributed by atoms with van der Waals surface area (Å²) in [5, 5.41) is 10.8. The van der Waals surface area contributed by atoms with Gasteiger partial charge in [0.25, 0.3) is 0 Å². The number of hydrogen-bond donors (Lipinski definition) is 2. The maximum absolute atomic E-state index is 12.4. The first kappa shape index (κ1) is 17.7. The van der Waals surface area contributed by atoms with Crippen molar-refractivity contribution in [1.29, 1.82) is 0 Å². The van der Waals surface area contributed by atoms with E-state index in [1.165, 1.54) is 5.56 Å². The Labute approximate surface area is 161 Å². The number of amides is 1. The molecule has 0 saturated carbocycles. The minimum Gasteiger partial charge on any atom is -0.346 e. The molecule has 7 heteroatoms. The number of rotatable bonds is 5. The smallest absolute Gasteiger partial charge is 0.246 e. The number of halogens is 1. The molecule has 1 aliphatic heterocycles. The molecule has 2 heterocycles. The van der Waals surface area contributed by atoms with Crippen molar-refractivity contribution in [1.82, 2.24) is 20.8 Å². The first-order chi connectivity index (χ1) is 13.2. The molecule has 4 rings (SSSR count). The summed E-state index contributed by atoms with van der Waals surface area (Å²) in [6.45, 7) is 0.202. The lowest BCUT2D eigenvalue weighted by Crippen LogP contribution is -2.40. The lowest BCUT2D eigenvalue weighted by molar-refractivity contribution is -0.123. The van der Waals surface area contributed by atoms with Crippen molar-refractivity contribution in [3.8, 4) is 11.4 Å². The van der Waals surface area contributed by atoms with Crippen LogP contribution in [-0.2, 0) is 11.3 Å². The number of aromatic nitrogens is 2. The summed E-state index contributed by atoms with van der Waals surface area (Å²) >= 11 is 5.88. The van der Waals surface area contributed by atoms with Gasteiger partial charge in [0.1, 0.15) is 0 Å². The Balaban J connectivity index is 1.32. The molecular formula is C20H19ClN4O2. The van der Waals surface area contributed by atoms with Gasteiger partial charge in [-0.3, -0.25) is 10.1 Å². The lowest BCUT2D eigenvalue weighted by Gasteiger charge is -2.14. The van der Waals surface area contributed by atoms with Gasteiger partial charge in [0, 0.05) is 16.6 Å². The van der Waals surface area contributed by atoms with E-state index in [0.717, 1.165) is 18.4 Å². The number of nitrogens with zero attached hydrogens (tertiary/aromatic N) is 2. The van der Waals surface area contributed by atoms with Crippen LogP contribution in [0.15, 0.2) is 59.1 Å². The number of carbonyl (C=O) groups is 1. The monoisotopic (exact) mass is 382 g/mol. The minimum atomic E-state index is -0.214. The molecule has 0 aliphatic carbocycles. The van der Waals surface area contributed by atoms with Crippen molar-refractivity contribution in [2.24, 2.45) is 0 Å². The maximum Gasteiger partial charge on any atom is 0.246 e. The molecule has 27 heavy (non-hydrogen) atoms. The van der Waals surface area contributed by atoms with Crippen LogP contribution in [0.4, 0.5) is 0 Å². The zero-order valence-corrected chi connectivity index (χ0v) is 15.3. The van der Waals surface area contributed by atoms with Gasteiger partial charge in [-0.1, -0.05) is 47.1 Å². The van der Waals surface area contributed by atoms with E-state index in [-0.39, 0.29) is 24.5 Å². The molecule has 2 aromatic carbocycles. The molecule has 1 aromatic heterocycles. The SMILES string of the molecule is O=C(NCc1nc(-c2ccc(Cl)cc2)no1)[C@H]1CC[C@H](c2ccccc2)N1. The zero-order chi connectivity index (χ0) is 18.6. The molecule has 2 atom stereocenters. The van der Waals surface area contributed by atoms with Gasteiger partial charge < -0.3 is 9.84 Å². The summed E-state index contributed by atoms with van der Waals surface area (Å²) in [6, 6.07) is 17.3. The molecule has 0 radical (unpaired) electrons. The first-order valence-electron chi connectivity index (χ1n) is 8.86. The average molecular weight is 383 g/mol. The van der Waals surface area contributed by atoms with Gasteiger partial charge in [-0.15, -0.1) is 0 Å². The largest absolute Gasteiger partial charge is 0.346 e. The molecule has 0 spiro atoms. The third-order valence-corrected chi connectivity index (χ3v) is 4.90. The Morgan fingerprint density at radius 3 is 2.70 bits per heavy atom. The predicted octanol–water partition coefficient (Wildman–Crippen LogP) is 3.50. The Morgan fingerprint density at radius 1 is 1.15 bits per heavy atom. The van der Waals surface area contributed by atoms with E-state index in [2.05, 4.69) is 32.9 Å². The second-order valence-corrected chi connectivity index (χ2v) is 6.93. The van der Waals surface area contributed by atoms with Gasteiger partial charge in [0.15, 0.2) is 0 Å². The molecule has 0 bridgehead atoms. The number of nitrogens with one attached hydrogen (secondary N) is 2. The van der Waals surface area contributed by atoms with E-state index in [4.69, 9.17) is 16.1 Å².